The molecule has 5 nitrogen and oxygen atoms in total. The maximum atomic E-state index is 11.3. The monoisotopic (exact) mass is 328 g/mol. The lowest BCUT2D eigenvalue weighted by Crippen LogP contribution is -2.38. The summed E-state index contributed by atoms with van der Waals surface area (Å²) in [6.45, 7) is 1.95. The highest BCUT2D eigenvalue weighted by Crippen LogP contribution is 2.24. The Balaban J connectivity index is 2.26. The van der Waals surface area contributed by atoms with E-state index in [4.69, 9.17) is 0 Å². The molecule has 0 saturated heterocycles. The van der Waals surface area contributed by atoms with Crippen LogP contribution in [0.4, 0.5) is 5.69 Å². The van der Waals surface area contributed by atoms with E-state index in [9.17, 15) is 15.0 Å². The van der Waals surface area contributed by atoms with Crippen LogP contribution in [0.3, 0.4) is 0 Å². The van der Waals surface area contributed by atoms with Gasteiger partial charge in [-0.2, -0.15) is 0 Å². The van der Waals surface area contributed by atoms with Gasteiger partial charge in [-0.15, -0.1) is 0 Å². The van der Waals surface area contributed by atoms with Crippen molar-refractivity contribution < 1.29 is 15.0 Å². The Morgan fingerprint density at radius 2 is 1.58 bits per heavy atom. The highest BCUT2D eigenvalue weighted by atomic mass is 16.4. The van der Waals surface area contributed by atoms with Crippen molar-refractivity contribution in [3.63, 3.8) is 0 Å². The van der Waals surface area contributed by atoms with Crippen LogP contribution in [0.2, 0.25) is 0 Å². The van der Waals surface area contributed by atoms with Gasteiger partial charge in [0.2, 0.25) is 0 Å². The fourth-order valence-corrected chi connectivity index (χ4v) is 2.60. The number of nitrogens with zero attached hydrogens (tertiary/aromatic N) is 1. The molecule has 0 heterocycles. The van der Waals surface area contributed by atoms with E-state index in [2.05, 4.69) is 5.32 Å². The summed E-state index contributed by atoms with van der Waals surface area (Å²) in [6, 6.07) is 16.4. The molecule has 0 radical (unpaired) electrons. The molecule has 0 aromatic heterocycles. The summed E-state index contributed by atoms with van der Waals surface area (Å²) >= 11 is 0. The lowest BCUT2D eigenvalue weighted by molar-refractivity contribution is -0.148. The van der Waals surface area contributed by atoms with Crippen molar-refractivity contribution in [2.24, 2.45) is 0 Å². The van der Waals surface area contributed by atoms with Crippen LogP contribution in [0.5, 0.6) is 0 Å². The minimum absolute atomic E-state index is 0.0984. The molecule has 0 amide bonds. The zero-order valence-electron chi connectivity index (χ0n) is 14.2. The van der Waals surface area contributed by atoms with E-state index in [-0.39, 0.29) is 6.04 Å². The molecule has 0 saturated carbocycles. The molecule has 128 valence electrons. The lowest BCUT2D eigenvalue weighted by Gasteiger charge is -2.26. The summed E-state index contributed by atoms with van der Waals surface area (Å²) in [4.78, 5) is 13.3. The number of carboxylic acids is 1. The smallest absolute Gasteiger partial charge is 0.334 e. The summed E-state index contributed by atoms with van der Waals surface area (Å²) in [5, 5.41) is 22.6. The molecule has 0 aliphatic heterocycles. The topological polar surface area (TPSA) is 72.8 Å². The third-order valence-corrected chi connectivity index (χ3v) is 4.07. The van der Waals surface area contributed by atoms with Crippen LogP contribution in [0, 0.1) is 0 Å². The predicted octanol–water partition coefficient (Wildman–Crippen LogP) is 2.59. The maximum absolute atomic E-state index is 11.3. The number of aliphatic hydroxyl groups is 1. The number of hydrogen-bond donors (Lipinski definition) is 3. The standard InChI is InChI=1S/C19H24N2O3/c1-13(14-7-5-4-6-8-14)20-17(18(22)19(23)24)15-9-11-16(12-10-15)21(2)3/h4-13,17-18,20,22H,1-3H3,(H,23,24)/t13-,17-,18+/m0/s1. The summed E-state index contributed by atoms with van der Waals surface area (Å²) in [5.74, 6) is -1.25. The molecule has 2 aromatic rings. The number of hydrogen-bond acceptors (Lipinski definition) is 4. The molecule has 0 unspecified atom stereocenters. The van der Waals surface area contributed by atoms with E-state index < -0.39 is 18.1 Å². The first-order valence-electron chi connectivity index (χ1n) is 7.89. The van der Waals surface area contributed by atoms with Gasteiger partial charge in [0.05, 0.1) is 6.04 Å². The quantitative estimate of drug-likeness (QED) is 0.728. The number of nitrogens with one attached hydrogen (secondary N) is 1. The minimum Gasteiger partial charge on any atom is -0.479 e. The first-order valence-corrected chi connectivity index (χ1v) is 7.89. The summed E-state index contributed by atoms with van der Waals surface area (Å²) in [6.07, 6.45) is -1.53. The van der Waals surface area contributed by atoms with Gasteiger partial charge in [0.25, 0.3) is 0 Å². The van der Waals surface area contributed by atoms with Crippen molar-refractivity contribution in [2.45, 2.75) is 25.1 Å². The van der Waals surface area contributed by atoms with E-state index in [1.807, 2.05) is 80.5 Å². The van der Waals surface area contributed by atoms with Crippen LogP contribution in [-0.4, -0.2) is 36.4 Å². The van der Waals surface area contributed by atoms with Crippen LogP contribution in [-0.2, 0) is 4.79 Å². The van der Waals surface area contributed by atoms with Gasteiger partial charge in [-0.05, 0) is 30.2 Å². The van der Waals surface area contributed by atoms with Crippen molar-refractivity contribution in [1.29, 1.82) is 0 Å². The molecular formula is C19H24N2O3. The average Bonchev–Trinajstić information content (AvgIpc) is 2.59. The van der Waals surface area contributed by atoms with Crippen molar-refractivity contribution in [2.75, 3.05) is 19.0 Å². The highest BCUT2D eigenvalue weighted by molar-refractivity contribution is 5.73. The third-order valence-electron chi connectivity index (χ3n) is 4.07. The second-order valence-electron chi connectivity index (χ2n) is 6.05. The molecule has 5 heteroatoms. The van der Waals surface area contributed by atoms with Crippen molar-refractivity contribution in [3.8, 4) is 0 Å². The fourth-order valence-electron chi connectivity index (χ4n) is 2.60. The Morgan fingerprint density at radius 1 is 1.00 bits per heavy atom. The van der Waals surface area contributed by atoms with Gasteiger partial charge in [-0.1, -0.05) is 42.5 Å². The van der Waals surface area contributed by atoms with Gasteiger partial charge in [0, 0.05) is 25.8 Å². The highest BCUT2D eigenvalue weighted by Gasteiger charge is 2.28. The van der Waals surface area contributed by atoms with E-state index in [1.54, 1.807) is 0 Å². The number of aliphatic carboxylic acids is 1. The third kappa shape index (κ3) is 4.34. The molecule has 0 fully saturated rings. The van der Waals surface area contributed by atoms with Gasteiger partial charge < -0.3 is 20.4 Å². The van der Waals surface area contributed by atoms with Crippen LogP contribution < -0.4 is 10.2 Å². The predicted molar refractivity (Wildman–Crippen MR) is 95.1 cm³/mol. The average molecular weight is 328 g/mol. The van der Waals surface area contributed by atoms with Crippen molar-refractivity contribution in [1.82, 2.24) is 5.32 Å². The molecule has 24 heavy (non-hydrogen) atoms. The molecule has 0 spiro atoms. The SMILES string of the molecule is C[C@H](N[C@@H](c1ccc(N(C)C)cc1)[C@@H](O)C(=O)O)c1ccccc1. The number of carboxylic acid groups (broad SMARTS) is 1. The first-order chi connectivity index (χ1) is 11.4. The molecule has 0 aliphatic rings. The van der Waals surface area contributed by atoms with Gasteiger partial charge in [0.15, 0.2) is 6.10 Å². The molecule has 3 N–H and O–H groups in total. The van der Waals surface area contributed by atoms with Gasteiger partial charge >= 0.3 is 5.97 Å². The normalized spacial score (nSPS) is 14.7. The maximum Gasteiger partial charge on any atom is 0.334 e. The molecule has 2 rings (SSSR count). The second kappa shape index (κ2) is 7.95. The molecular weight excluding hydrogens is 304 g/mol. The van der Waals surface area contributed by atoms with Crippen LogP contribution in [0.15, 0.2) is 54.6 Å². The Labute approximate surface area is 142 Å². The Hall–Kier alpha value is -2.37. The van der Waals surface area contributed by atoms with Crippen molar-refractivity contribution in [3.05, 3.63) is 65.7 Å². The number of anilines is 1. The molecule has 0 aliphatic carbocycles. The van der Waals surface area contributed by atoms with Gasteiger partial charge in [0.1, 0.15) is 0 Å². The van der Waals surface area contributed by atoms with Crippen LogP contribution >= 0.6 is 0 Å². The molecule has 2 aromatic carbocycles. The van der Waals surface area contributed by atoms with E-state index in [0.717, 1.165) is 16.8 Å². The fraction of sp³-hybridized carbons (Fsp3) is 0.316. The number of benzene rings is 2. The Bertz CT molecular complexity index is 656. The second-order valence-corrected chi connectivity index (χ2v) is 6.05. The summed E-state index contributed by atoms with van der Waals surface area (Å²) in [5.41, 5.74) is 2.78. The minimum atomic E-state index is -1.53. The first kappa shape index (κ1) is 18.0. The number of carbonyl (C=O) groups is 1. The van der Waals surface area contributed by atoms with E-state index in [0.29, 0.717) is 0 Å². The lowest BCUT2D eigenvalue weighted by atomic mass is 9.98. The molecule has 0 bridgehead atoms. The largest absolute Gasteiger partial charge is 0.479 e. The van der Waals surface area contributed by atoms with Gasteiger partial charge in [-0.25, -0.2) is 4.79 Å². The van der Waals surface area contributed by atoms with E-state index >= 15 is 0 Å². The zero-order valence-corrected chi connectivity index (χ0v) is 14.2. The van der Waals surface area contributed by atoms with Crippen LogP contribution in [0.25, 0.3) is 0 Å². The zero-order chi connectivity index (χ0) is 17.7. The Kier molecular flexibility index (Phi) is 5.95. The van der Waals surface area contributed by atoms with Crippen molar-refractivity contribution >= 4 is 11.7 Å². The Morgan fingerprint density at radius 3 is 2.08 bits per heavy atom. The number of aliphatic hydroxyl groups excluding tert-OH is 1. The molecule has 3 atom stereocenters. The van der Waals surface area contributed by atoms with E-state index in [1.165, 1.54) is 0 Å². The summed E-state index contributed by atoms with van der Waals surface area (Å²) in [7, 11) is 3.88. The van der Waals surface area contributed by atoms with Crippen LogP contribution in [0.1, 0.15) is 30.1 Å². The summed E-state index contributed by atoms with van der Waals surface area (Å²) < 4.78 is 0. The number of rotatable bonds is 7. The van der Waals surface area contributed by atoms with Gasteiger partial charge in [-0.3, -0.25) is 0 Å².